The van der Waals surface area contributed by atoms with Gasteiger partial charge in [0.25, 0.3) is 0 Å². The number of carbonyl (C=O) groups is 1. The van der Waals surface area contributed by atoms with Crippen LogP contribution < -0.4 is 20.1 Å². The highest BCUT2D eigenvalue weighted by atomic mass is 16.7. The number of aromatic nitrogens is 2. The van der Waals surface area contributed by atoms with E-state index in [1.807, 2.05) is 43.8 Å². The second-order valence-corrected chi connectivity index (χ2v) is 6.14. The summed E-state index contributed by atoms with van der Waals surface area (Å²) in [6.45, 7) is 5.46. The maximum absolute atomic E-state index is 11.9. The predicted molar refractivity (Wildman–Crippen MR) is 94.1 cm³/mol. The van der Waals surface area contributed by atoms with Crippen molar-refractivity contribution in [2.24, 2.45) is 7.05 Å². The molecule has 0 atom stereocenters. The molecule has 3 rings (SSSR count). The van der Waals surface area contributed by atoms with E-state index in [1.54, 1.807) is 0 Å². The minimum absolute atomic E-state index is 0.153. The van der Waals surface area contributed by atoms with Crippen LogP contribution in [-0.4, -0.2) is 35.7 Å². The second kappa shape index (κ2) is 7.46. The summed E-state index contributed by atoms with van der Waals surface area (Å²) in [6.07, 6.45) is 1.52. The third kappa shape index (κ3) is 4.04. The molecule has 1 aliphatic rings. The van der Waals surface area contributed by atoms with E-state index in [0.717, 1.165) is 41.3 Å². The summed E-state index contributed by atoms with van der Waals surface area (Å²) < 4.78 is 12.5. The number of aryl methyl sites for hydroxylation is 2. The Morgan fingerprint density at radius 2 is 1.88 bits per heavy atom. The maximum atomic E-state index is 11.9. The molecule has 1 aromatic heterocycles. The van der Waals surface area contributed by atoms with Crippen molar-refractivity contribution in [1.29, 1.82) is 0 Å². The number of fused-ring (bicyclic) bond motifs is 1. The van der Waals surface area contributed by atoms with E-state index in [2.05, 4.69) is 15.7 Å². The first-order chi connectivity index (χ1) is 12.0. The Hall–Kier alpha value is -2.70. The summed E-state index contributed by atoms with van der Waals surface area (Å²) in [5, 5.41) is 10.2. The van der Waals surface area contributed by atoms with Gasteiger partial charge in [-0.15, -0.1) is 0 Å². The lowest BCUT2D eigenvalue weighted by Crippen LogP contribution is -2.37. The number of hydrogen-bond donors (Lipinski definition) is 2. The Morgan fingerprint density at radius 3 is 2.60 bits per heavy atom. The molecular formula is C18H24N4O3. The van der Waals surface area contributed by atoms with Crippen molar-refractivity contribution in [3.63, 3.8) is 0 Å². The minimum atomic E-state index is -0.153. The highest BCUT2D eigenvalue weighted by molar-refractivity contribution is 5.73. The zero-order valence-corrected chi connectivity index (χ0v) is 14.9. The average molecular weight is 344 g/mol. The van der Waals surface area contributed by atoms with Crippen LogP contribution in [0.15, 0.2) is 18.2 Å². The van der Waals surface area contributed by atoms with E-state index in [0.29, 0.717) is 13.1 Å². The van der Waals surface area contributed by atoms with Gasteiger partial charge in [0, 0.05) is 25.8 Å². The van der Waals surface area contributed by atoms with E-state index in [9.17, 15) is 4.79 Å². The Balaban J connectivity index is 1.38. The number of benzene rings is 1. The predicted octanol–water partition coefficient (Wildman–Crippen LogP) is 1.85. The number of nitrogens with one attached hydrogen (secondary N) is 2. The fourth-order valence-electron chi connectivity index (χ4n) is 2.96. The van der Waals surface area contributed by atoms with Gasteiger partial charge in [0.15, 0.2) is 11.5 Å². The maximum Gasteiger partial charge on any atom is 0.314 e. The molecule has 2 aromatic rings. The van der Waals surface area contributed by atoms with Gasteiger partial charge < -0.3 is 20.1 Å². The first-order valence-corrected chi connectivity index (χ1v) is 8.44. The number of hydrogen-bond acceptors (Lipinski definition) is 4. The van der Waals surface area contributed by atoms with Gasteiger partial charge in [-0.1, -0.05) is 6.07 Å². The van der Waals surface area contributed by atoms with Crippen LogP contribution in [0.1, 0.15) is 22.5 Å². The molecule has 0 aliphatic carbocycles. The fraction of sp³-hybridized carbons (Fsp3) is 0.444. The molecule has 0 fully saturated rings. The van der Waals surface area contributed by atoms with Crippen molar-refractivity contribution in [2.75, 3.05) is 19.9 Å². The molecule has 7 heteroatoms. The van der Waals surface area contributed by atoms with Crippen molar-refractivity contribution in [1.82, 2.24) is 20.4 Å². The average Bonchev–Trinajstić information content (AvgIpc) is 3.14. The summed E-state index contributed by atoms with van der Waals surface area (Å²) in [4.78, 5) is 11.9. The second-order valence-electron chi connectivity index (χ2n) is 6.14. The Labute approximate surface area is 147 Å². The van der Waals surface area contributed by atoms with Crippen molar-refractivity contribution < 1.29 is 14.3 Å². The Bertz CT molecular complexity index is 770. The smallest absolute Gasteiger partial charge is 0.314 e. The number of nitrogens with zero attached hydrogens (tertiary/aromatic N) is 2. The Kier molecular flexibility index (Phi) is 5.11. The highest BCUT2D eigenvalue weighted by Gasteiger charge is 2.13. The van der Waals surface area contributed by atoms with E-state index >= 15 is 0 Å². The van der Waals surface area contributed by atoms with Crippen LogP contribution in [0.2, 0.25) is 0 Å². The Morgan fingerprint density at radius 1 is 1.16 bits per heavy atom. The van der Waals surface area contributed by atoms with Gasteiger partial charge in [-0.2, -0.15) is 5.10 Å². The van der Waals surface area contributed by atoms with Crippen molar-refractivity contribution in [3.05, 3.63) is 40.7 Å². The van der Waals surface area contributed by atoms with Gasteiger partial charge in [0.1, 0.15) is 0 Å². The molecule has 1 aliphatic heterocycles. The van der Waals surface area contributed by atoms with Gasteiger partial charge in [-0.3, -0.25) is 4.68 Å². The van der Waals surface area contributed by atoms with E-state index < -0.39 is 0 Å². The summed E-state index contributed by atoms with van der Waals surface area (Å²) in [6, 6.07) is 5.69. The molecule has 2 N–H and O–H groups in total. The van der Waals surface area contributed by atoms with Crippen LogP contribution in [0, 0.1) is 13.8 Å². The van der Waals surface area contributed by atoms with Crippen LogP contribution in [0.5, 0.6) is 11.5 Å². The molecule has 25 heavy (non-hydrogen) atoms. The van der Waals surface area contributed by atoms with Crippen LogP contribution in [0.4, 0.5) is 4.79 Å². The molecule has 1 aromatic carbocycles. The number of rotatable bonds is 6. The lowest BCUT2D eigenvalue weighted by Gasteiger charge is -2.08. The summed E-state index contributed by atoms with van der Waals surface area (Å²) in [5.41, 5.74) is 4.46. The lowest BCUT2D eigenvalue weighted by atomic mass is 10.1. The normalized spacial score (nSPS) is 12.3. The molecule has 0 radical (unpaired) electrons. The van der Waals surface area contributed by atoms with Crippen LogP contribution in [-0.2, 0) is 19.9 Å². The van der Waals surface area contributed by atoms with Gasteiger partial charge in [0.2, 0.25) is 6.79 Å². The van der Waals surface area contributed by atoms with Crippen LogP contribution >= 0.6 is 0 Å². The van der Waals surface area contributed by atoms with Crippen molar-refractivity contribution in [2.45, 2.75) is 26.7 Å². The molecule has 0 bridgehead atoms. The quantitative estimate of drug-likeness (QED) is 0.838. The molecule has 2 heterocycles. The minimum Gasteiger partial charge on any atom is -0.454 e. The molecule has 134 valence electrons. The number of amides is 2. The number of carbonyl (C=O) groups excluding carboxylic acids is 1. The monoisotopic (exact) mass is 344 g/mol. The standard InChI is InChI=1S/C18H24N4O3/c1-12-15(13(2)22(3)21-12)7-9-20-18(23)19-8-6-14-4-5-16-17(10-14)25-11-24-16/h4-5,10H,6-9,11H2,1-3H3,(H2,19,20,23). The summed E-state index contributed by atoms with van der Waals surface area (Å²) in [5.74, 6) is 1.54. The molecule has 0 saturated heterocycles. The number of ether oxygens (including phenoxy) is 2. The fourth-order valence-corrected chi connectivity index (χ4v) is 2.96. The largest absolute Gasteiger partial charge is 0.454 e. The van der Waals surface area contributed by atoms with Crippen molar-refractivity contribution in [3.8, 4) is 11.5 Å². The third-order valence-corrected chi connectivity index (χ3v) is 4.46. The van der Waals surface area contributed by atoms with Gasteiger partial charge in [-0.05, 0) is 49.9 Å². The topological polar surface area (TPSA) is 77.4 Å². The molecule has 2 amide bonds. The first kappa shape index (κ1) is 17.1. The summed E-state index contributed by atoms with van der Waals surface area (Å²) in [7, 11) is 1.93. The molecular weight excluding hydrogens is 320 g/mol. The number of urea groups is 1. The first-order valence-electron chi connectivity index (χ1n) is 8.44. The van der Waals surface area contributed by atoms with Crippen molar-refractivity contribution >= 4 is 6.03 Å². The zero-order chi connectivity index (χ0) is 17.8. The van der Waals surface area contributed by atoms with Crippen LogP contribution in [0.25, 0.3) is 0 Å². The van der Waals surface area contributed by atoms with Gasteiger partial charge >= 0.3 is 6.03 Å². The van der Waals surface area contributed by atoms with Crippen LogP contribution in [0.3, 0.4) is 0 Å². The van der Waals surface area contributed by atoms with E-state index in [-0.39, 0.29) is 12.8 Å². The SMILES string of the molecule is Cc1nn(C)c(C)c1CCNC(=O)NCCc1ccc2c(c1)OCO2. The van der Waals surface area contributed by atoms with Gasteiger partial charge in [0.05, 0.1) is 5.69 Å². The molecule has 0 unspecified atom stereocenters. The zero-order valence-electron chi connectivity index (χ0n) is 14.9. The molecule has 0 saturated carbocycles. The van der Waals surface area contributed by atoms with E-state index in [4.69, 9.17) is 9.47 Å². The molecule has 7 nitrogen and oxygen atoms in total. The highest BCUT2D eigenvalue weighted by Crippen LogP contribution is 2.32. The summed E-state index contributed by atoms with van der Waals surface area (Å²) >= 11 is 0. The third-order valence-electron chi connectivity index (χ3n) is 4.46. The molecule has 0 spiro atoms. The van der Waals surface area contributed by atoms with E-state index in [1.165, 1.54) is 5.56 Å². The lowest BCUT2D eigenvalue weighted by molar-refractivity contribution is 0.174. The van der Waals surface area contributed by atoms with Gasteiger partial charge in [-0.25, -0.2) is 4.79 Å².